The van der Waals surface area contributed by atoms with Gasteiger partial charge in [0.2, 0.25) is 0 Å². The van der Waals surface area contributed by atoms with Crippen LogP contribution in [0.5, 0.6) is 5.75 Å². The maximum atomic E-state index is 12.0. The maximum absolute atomic E-state index is 12.0. The van der Waals surface area contributed by atoms with E-state index in [9.17, 15) is 13.2 Å². The molecule has 0 N–H and O–H groups in total. The van der Waals surface area contributed by atoms with Crippen LogP contribution in [0.15, 0.2) is 31.4 Å². The standard InChI is InChI=1S/C12H10F3O/c1-3-9-6-5-7-11(10(9)4-2)16-8-12(13,14)15/h4-7H,1-2,8H2. The molecule has 1 rings (SSSR count). The van der Waals surface area contributed by atoms with Crippen LogP contribution in [0.1, 0.15) is 11.1 Å². The molecule has 0 heterocycles. The normalized spacial score (nSPS) is 10.9. The highest BCUT2D eigenvalue weighted by Crippen LogP contribution is 2.25. The van der Waals surface area contributed by atoms with Crippen LogP contribution in [-0.4, -0.2) is 12.8 Å². The van der Waals surface area contributed by atoms with Gasteiger partial charge in [-0.15, -0.1) is 0 Å². The van der Waals surface area contributed by atoms with E-state index < -0.39 is 12.8 Å². The van der Waals surface area contributed by atoms with Crippen LogP contribution in [0, 0.1) is 6.08 Å². The van der Waals surface area contributed by atoms with Crippen molar-refractivity contribution in [3.63, 3.8) is 0 Å². The molecule has 0 atom stereocenters. The van der Waals surface area contributed by atoms with E-state index in [-0.39, 0.29) is 5.75 Å². The maximum Gasteiger partial charge on any atom is 0.422 e. The van der Waals surface area contributed by atoms with Gasteiger partial charge in [-0.25, -0.2) is 0 Å². The first kappa shape index (κ1) is 12.4. The Bertz CT molecular complexity index is 394. The summed E-state index contributed by atoms with van der Waals surface area (Å²) in [4.78, 5) is 0. The lowest BCUT2D eigenvalue weighted by Crippen LogP contribution is -2.19. The van der Waals surface area contributed by atoms with Crippen LogP contribution in [-0.2, 0) is 0 Å². The van der Waals surface area contributed by atoms with Crippen molar-refractivity contribution in [2.24, 2.45) is 0 Å². The highest BCUT2D eigenvalue weighted by atomic mass is 19.4. The van der Waals surface area contributed by atoms with Crippen molar-refractivity contribution in [1.82, 2.24) is 0 Å². The van der Waals surface area contributed by atoms with Crippen molar-refractivity contribution in [2.45, 2.75) is 6.18 Å². The van der Waals surface area contributed by atoms with Gasteiger partial charge < -0.3 is 4.74 Å². The smallest absolute Gasteiger partial charge is 0.422 e. The van der Waals surface area contributed by atoms with Crippen molar-refractivity contribution in [1.29, 1.82) is 0 Å². The van der Waals surface area contributed by atoms with Crippen molar-refractivity contribution in [3.05, 3.63) is 48.6 Å². The summed E-state index contributed by atoms with van der Waals surface area (Å²) in [5.74, 6) is 0.126. The second-order valence-electron chi connectivity index (χ2n) is 3.00. The highest BCUT2D eigenvalue weighted by molar-refractivity contribution is 5.61. The molecule has 85 valence electrons. The monoisotopic (exact) mass is 227 g/mol. The summed E-state index contributed by atoms with van der Waals surface area (Å²) < 4.78 is 40.6. The quantitative estimate of drug-likeness (QED) is 0.763. The van der Waals surface area contributed by atoms with Crippen molar-refractivity contribution >= 4 is 6.08 Å². The van der Waals surface area contributed by atoms with Gasteiger partial charge in [0, 0.05) is 5.56 Å². The van der Waals surface area contributed by atoms with E-state index in [1.54, 1.807) is 12.1 Å². The molecule has 16 heavy (non-hydrogen) atoms. The zero-order valence-corrected chi connectivity index (χ0v) is 8.47. The van der Waals surface area contributed by atoms with E-state index in [2.05, 4.69) is 24.0 Å². The largest absolute Gasteiger partial charge is 0.483 e. The lowest BCUT2D eigenvalue weighted by atomic mass is 10.1. The second kappa shape index (κ2) is 4.88. The summed E-state index contributed by atoms with van der Waals surface area (Å²) in [7, 11) is 0. The Labute approximate surface area is 91.9 Å². The number of hydrogen-bond acceptors (Lipinski definition) is 1. The van der Waals surface area contributed by atoms with Crippen LogP contribution in [0.25, 0.3) is 6.08 Å². The van der Waals surface area contributed by atoms with E-state index >= 15 is 0 Å². The SMILES string of the molecule is C=[C]c1cccc(OCC(F)(F)F)c1C=C. The number of benzene rings is 1. The number of hydrogen-bond donors (Lipinski definition) is 0. The van der Waals surface area contributed by atoms with Gasteiger partial charge >= 0.3 is 6.18 Å². The molecule has 0 fully saturated rings. The molecule has 0 saturated carbocycles. The van der Waals surface area contributed by atoms with Crippen molar-refractivity contribution in [2.75, 3.05) is 6.61 Å². The van der Waals surface area contributed by atoms with Crippen LogP contribution >= 0.6 is 0 Å². The molecule has 1 aromatic rings. The molecule has 0 aromatic heterocycles. The lowest BCUT2D eigenvalue weighted by Gasteiger charge is -2.12. The van der Waals surface area contributed by atoms with Crippen molar-refractivity contribution < 1.29 is 17.9 Å². The van der Waals surface area contributed by atoms with Gasteiger partial charge in [-0.1, -0.05) is 31.4 Å². The Morgan fingerprint density at radius 1 is 1.38 bits per heavy atom. The lowest BCUT2D eigenvalue weighted by molar-refractivity contribution is -0.153. The first-order valence-corrected chi connectivity index (χ1v) is 4.46. The average molecular weight is 227 g/mol. The first-order valence-electron chi connectivity index (χ1n) is 4.46. The minimum Gasteiger partial charge on any atom is -0.483 e. The summed E-state index contributed by atoms with van der Waals surface area (Å²) in [6.45, 7) is 5.63. The fourth-order valence-electron chi connectivity index (χ4n) is 1.19. The Hall–Kier alpha value is -1.71. The number of halogens is 3. The van der Waals surface area contributed by atoms with Gasteiger partial charge in [0.05, 0.1) is 0 Å². The molecular weight excluding hydrogens is 217 g/mol. The third-order valence-electron chi connectivity index (χ3n) is 1.85. The van der Waals surface area contributed by atoms with E-state index in [1.165, 1.54) is 12.1 Å². The average Bonchev–Trinajstić information content (AvgIpc) is 2.24. The second-order valence-corrected chi connectivity index (χ2v) is 3.00. The number of alkyl halides is 3. The third-order valence-corrected chi connectivity index (χ3v) is 1.85. The summed E-state index contributed by atoms with van der Waals surface area (Å²) in [5, 5.41) is 0. The highest BCUT2D eigenvalue weighted by Gasteiger charge is 2.28. The predicted octanol–water partition coefficient (Wildman–Crippen LogP) is 3.61. The molecule has 0 aliphatic heterocycles. The van der Waals surface area contributed by atoms with Gasteiger partial charge in [-0.3, -0.25) is 0 Å². The molecule has 0 bridgehead atoms. The minimum absolute atomic E-state index is 0.126. The fourth-order valence-corrected chi connectivity index (χ4v) is 1.19. The summed E-state index contributed by atoms with van der Waals surface area (Å²) in [6.07, 6.45) is -0.337. The third kappa shape index (κ3) is 3.15. The molecule has 0 amide bonds. The zero-order chi connectivity index (χ0) is 12.2. The minimum atomic E-state index is -4.35. The summed E-state index contributed by atoms with van der Waals surface area (Å²) >= 11 is 0. The van der Waals surface area contributed by atoms with E-state index in [0.29, 0.717) is 11.1 Å². The molecule has 4 heteroatoms. The van der Waals surface area contributed by atoms with E-state index in [1.807, 2.05) is 0 Å². The summed E-state index contributed by atoms with van der Waals surface area (Å²) in [6, 6.07) is 4.69. The van der Waals surface area contributed by atoms with Crippen molar-refractivity contribution in [3.8, 4) is 5.75 Å². The molecular formula is C12H10F3O. The van der Waals surface area contributed by atoms with E-state index in [4.69, 9.17) is 0 Å². The van der Waals surface area contributed by atoms with Gasteiger partial charge in [-0.2, -0.15) is 13.2 Å². The van der Waals surface area contributed by atoms with E-state index in [0.717, 1.165) is 0 Å². The van der Waals surface area contributed by atoms with Crippen LogP contribution < -0.4 is 4.74 Å². The molecule has 1 aromatic carbocycles. The predicted molar refractivity (Wildman–Crippen MR) is 56.1 cm³/mol. The van der Waals surface area contributed by atoms with Crippen LogP contribution in [0.3, 0.4) is 0 Å². The molecule has 0 aliphatic carbocycles. The first-order chi connectivity index (χ1) is 7.48. The van der Waals surface area contributed by atoms with Gasteiger partial charge in [-0.05, 0) is 17.7 Å². The van der Waals surface area contributed by atoms with Crippen LogP contribution in [0.2, 0.25) is 0 Å². The molecule has 0 aliphatic rings. The van der Waals surface area contributed by atoms with Gasteiger partial charge in [0.1, 0.15) is 5.75 Å². The molecule has 0 spiro atoms. The number of rotatable bonds is 4. The number of ether oxygens (including phenoxy) is 1. The molecule has 0 unspecified atom stereocenters. The fraction of sp³-hybridized carbons (Fsp3) is 0.167. The Morgan fingerprint density at radius 3 is 2.56 bits per heavy atom. The van der Waals surface area contributed by atoms with Gasteiger partial charge in [0.15, 0.2) is 6.61 Å². The molecule has 1 nitrogen and oxygen atoms in total. The Balaban J connectivity index is 2.95. The molecule has 1 radical (unpaired) electrons. The Kier molecular flexibility index (Phi) is 3.77. The molecule has 0 saturated heterocycles. The summed E-state index contributed by atoms with van der Waals surface area (Å²) in [5.41, 5.74) is 1.02. The van der Waals surface area contributed by atoms with Crippen LogP contribution in [0.4, 0.5) is 13.2 Å². The topological polar surface area (TPSA) is 9.23 Å². The van der Waals surface area contributed by atoms with Gasteiger partial charge in [0.25, 0.3) is 0 Å². The Morgan fingerprint density at radius 2 is 2.06 bits per heavy atom. The zero-order valence-electron chi connectivity index (χ0n) is 8.47.